The van der Waals surface area contributed by atoms with Crippen LogP contribution in [0.1, 0.15) is 27.0 Å². The summed E-state index contributed by atoms with van der Waals surface area (Å²) in [6.07, 6.45) is 3.20. The minimum Gasteiger partial charge on any atom is -0.497 e. The van der Waals surface area contributed by atoms with Gasteiger partial charge in [0.15, 0.2) is 11.5 Å². The summed E-state index contributed by atoms with van der Waals surface area (Å²) in [5.41, 5.74) is 2.91. The molecule has 0 aliphatic carbocycles. The van der Waals surface area contributed by atoms with Crippen molar-refractivity contribution < 1.29 is 43.5 Å². The molecule has 0 bridgehead atoms. The first-order chi connectivity index (χ1) is 20.4. The van der Waals surface area contributed by atoms with Crippen molar-refractivity contribution in [3.05, 3.63) is 101 Å². The van der Waals surface area contributed by atoms with Crippen molar-refractivity contribution in [1.29, 1.82) is 0 Å². The number of aromatic carboxylic acids is 1. The number of hydrogen-bond donors (Lipinski definition) is 2. The molecule has 0 amide bonds. The van der Waals surface area contributed by atoms with Crippen LogP contribution < -0.4 is 23.7 Å². The molecule has 3 aromatic carbocycles. The molecule has 5 rings (SSSR count). The number of aromatic nitrogens is 1. The minimum atomic E-state index is -1.11. The molecule has 214 valence electrons. The van der Waals surface area contributed by atoms with Crippen molar-refractivity contribution in [2.24, 2.45) is 0 Å². The summed E-state index contributed by atoms with van der Waals surface area (Å²) in [6, 6.07) is 18.6. The number of nitrogens with zero attached hydrogens (tertiary/aromatic N) is 1. The number of aliphatic carboxylic acids is 1. The molecule has 2 N–H and O–H groups in total. The Morgan fingerprint density at radius 2 is 1.69 bits per heavy atom. The minimum absolute atomic E-state index is 0.0229. The highest BCUT2D eigenvalue weighted by molar-refractivity contribution is 5.94. The van der Waals surface area contributed by atoms with Crippen molar-refractivity contribution in [3.63, 3.8) is 0 Å². The highest BCUT2D eigenvalue weighted by Crippen LogP contribution is 2.40. The molecule has 0 unspecified atom stereocenters. The third kappa shape index (κ3) is 5.97. The Morgan fingerprint density at radius 3 is 2.43 bits per heavy atom. The van der Waals surface area contributed by atoms with Gasteiger partial charge in [0.2, 0.25) is 6.79 Å². The summed E-state index contributed by atoms with van der Waals surface area (Å²) >= 11 is 0. The maximum Gasteiger partial charge on any atom is 0.336 e. The number of pyridine rings is 1. The SMILES string of the molecule is COc1ccc(-c2ncccc2/C=C(\Cc2cc3c(cc2OC)OCO3)C(=O)O)c(OCc2ccccc2C(=O)O)c1. The Kier molecular flexibility index (Phi) is 8.24. The van der Waals surface area contributed by atoms with E-state index in [9.17, 15) is 19.8 Å². The summed E-state index contributed by atoms with van der Waals surface area (Å²) in [7, 11) is 3.03. The first-order valence-corrected chi connectivity index (χ1v) is 12.9. The Morgan fingerprint density at radius 1 is 0.905 bits per heavy atom. The van der Waals surface area contributed by atoms with Gasteiger partial charge in [0, 0.05) is 52.6 Å². The van der Waals surface area contributed by atoms with E-state index in [0.29, 0.717) is 56.7 Å². The predicted octanol–water partition coefficient (Wildman–Crippen LogP) is 5.48. The standard InChI is InChI=1S/C32H27NO9/c1-38-23-9-10-25(27(15-23)40-17-20-6-3-4-8-24(20)32(36)37)30-19(7-5-11-33-30)12-22(31(34)35)13-21-14-28-29(42-18-41-28)16-26(21)39-2/h3-12,14-16H,13,17-18H2,1-2H3,(H,34,35)(H,36,37)/b22-12+. The van der Waals surface area contributed by atoms with Crippen LogP contribution in [0.25, 0.3) is 17.3 Å². The number of carboxylic acids is 2. The molecule has 0 saturated carbocycles. The van der Waals surface area contributed by atoms with Crippen LogP contribution in [-0.4, -0.2) is 48.1 Å². The van der Waals surface area contributed by atoms with Gasteiger partial charge in [-0.1, -0.05) is 24.3 Å². The van der Waals surface area contributed by atoms with Crippen LogP contribution in [0.15, 0.2) is 78.5 Å². The number of carbonyl (C=O) groups is 2. The highest BCUT2D eigenvalue weighted by Gasteiger charge is 2.21. The Labute approximate surface area is 241 Å². The first kappa shape index (κ1) is 28.0. The second kappa shape index (κ2) is 12.3. The first-order valence-electron chi connectivity index (χ1n) is 12.9. The van der Waals surface area contributed by atoms with Gasteiger partial charge >= 0.3 is 11.9 Å². The second-order valence-corrected chi connectivity index (χ2v) is 9.22. The summed E-state index contributed by atoms with van der Waals surface area (Å²) in [5.74, 6) is 0.265. The van der Waals surface area contributed by atoms with E-state index in [0.717, 1.165) is 0 Å². The summed E-state index contributed by atoms with van der Waals surface area (Å²) < 4.78 is 27.9. The smallest absolute Gasteiger partial charge is 0.336 e. The molecule has 2 heterocycles. The van der Waals surface area contributed by atoms with Gasteiger partial charge in [0.25, 0.3) is 0 Å². The number of carboxylic acid groups (broad SMARTS) is 2. The van der Waals surface area contributed by atoms with Crippen LogP contribution in [0.2, 0.25) is 0 Å². The van der Waals surface area contributed by atoms with Gasteiger partial charge in [-0.15, -0.1) is 0 Å². The zero-order chi connectivity index (χ0) is 29.6. The van der Waals surface area contributed by atoms with Gasteiger partial charge in [-0.05, 0) is 36.4 Å². The lowest BCUT2D eigenvalue weighted by Crippen LogP contribution is -2.07. The second-order valence-electron chi connectivity index (χ2n) is 9.22. The fourth-order valence-electron chi connectivity index (χ4n) is 4.59. The fourth-order valence-corrected chi connectivity index (χ4v) is 4.59. The number of benzene rings is 3. The molecule has 10 nitrogen and oxygen atoms in total. The van der Waals surface area contributed by atoms with Crippen molar-refractivity contribution in [3.8, 4) is 40.0 Å². The van der Waals surface area contributed by atoms with Gasteiger partial charge in [-0.3, -0.25) is 4.98 Å². The van der Waals surface area contributed by atoms with E-state index in [1.165, 1.54) is 20.3 Å². The van der Waals surface area contributed by atoms with Gasteiger partial charge in [-0.25, -0.2) is 9.59 Å². The normalized spacial score (nSPS) is 12.1. The van der Waals surface area contributed by atoms with Gasteiger partial charge < -0.3 is 33.9 Å². The monoisotopic (exact) mass is 569 g/mol. The van der Waals surface area contributed by atoms with Crippen LogP contribution in [0.4, 0.5) is 0 Å². The lowest BCUT2D eigenvalue weighted by molar-refractivity contribution is -0.132. The molecule has 42 heavy (non-hydrogen) atoms. The van der Waals surface area contributed by atoms with Crippen molar-refractivity contribution in [1.82, 2.24) is 4.98 Å². The molecular weight excluding hydrogens is 542 g/mol. The van der Waals surface area contributed by atoms with Crippen LogP contribution in [0.5, 0.6) is 28.7 Å². The van der Waals surface area contributed by atoms with E-state index in [1.807, 2.05) is 0 Å². The molecule has 0 spiro atoms. The van der Waals surface area contributed by atoms with Gasteiger partial charge in [0.1, 0.15) is 23.9 Å². The van der Waals surface area contributed by atoms with E-state index in [-0.39, 0.29) is 31.0 Å². The maximum absolute atomic E-state index is 12.4. The van der Waals surface area contributed by atoms with Gasteiger partial charge in [0.05, 0.1) is 25.5 Å². The van der Waals surface area contributed by atoms with Crippen molar-refractivity contribution in [2.75, 3.05) is 21.0 Å². The number of rotatable bonds is 11. The van der Waals surface area contributed by atoms with Crippen LogP contribution in [-0.2, 0) is 17.8 Å². The van der Waals surface area contributed by atoms with E-state index in [4.69, 9.17) is 23.7 Å². The molecule has 1 aromatic heterocycles. The molecule has 1 aliphatic rings. The molecule has 10 heteroatoms. The highest BCUT2D eigenvalue weighted by atomic mass is 16.7. The number of ether oxygens (including phenoxy) is 5. The zero-order valence-electron chi connectivity index (χ0n) is 22.8. The van der Waals surface area contributed by atoms with Gasteiger partial charge in [-0.2, -0.15) is 0 Å². The molecule has 0 saturated heterocycles. The number of fused-ring (bicyclic) bond motifs is 1. The van der Waals surface area contributed by atoms with E-state index >= 15 is 0 Å². The Bertz CT molecular complexity index is 1680. The summed E-state index contributed by atoms with van der Waals surface area (Å²) in [6.45, 7) is 0.0572. The average Bonchev–Trinajstić information content (AvgIpc) is 3.46. The molecule has 0 atom stereocenters. The van der Waals surface area contributed by atoms with Crippen LogP contribution in [0.3, 0.4) is 0 Å². The van der Waals surface area contributed by atoms with Crippen molar-refractivity contribution >= 4 is 18.0 Å². The Hall–Kier alpha value is -5.51. The summed E-state index contributed by atoms with van der Waals surface area (Å²) in [4.78, 5) is 28.7. The topological polar surface area (TPSA) is 134 Å². The number of hydrogen-bond acceptors (Lipinski definition) is 8. The lowest BCUT2D eigenvalue weighted by Gasteiger charge is -2.15. The van der Waals surface area contributed by atoms with Crippen LogP contribution in [0, 0.1) is 0 Å². The fraction of sp³-hybridized carbons (Fsp3) is 0.156. The van der Waals surface area contributed by atoms with E-state index in [2.05, 4.69) is 4.98 Å². The van der Waals surface area contributed by atoms with Crippen LogP contribution >= 0.6 is 0 Å². The quantitative estimate of drug-likeness (QED) is 0.224. The molecular formula is C32H27NO9. The molecule has 4 aromatic rings. The van der Waals surface area contributed by atoms with E-state index < -0.39 is 11.9 Å². The maximum atomic E-state index is 12.4. The third-order valence-electron chi connectivity index (χ3n) is 6.67. The Balaban J connectivity index is 1.52. The lowest BCUT2D eigenvalue weighted by atomic mass is 9.98. The molecule has 1 aliphatic heterocycles. The van der Waals surface area contributed by atoms with E-state index in [1.54, 1.807) is 72.9 Å². The molecule has 0 fully saturated rings. The third-order valence-corrected chi connectivity index (χ3v) is 6.67. The largest absolute Gasteiger partial charge is 0.497 e. The number of methoxy groups -OCH3 is 2. The zero-order valence-corrected chi connectivity index (χ0v) is 22.8. The average molecular weight is 570 g/mol. The van der Waals surface area contributed by atoms with Crippen molar-refractivity contribution in [2.45, 2.75) is 13.0 Å². The molecule has 0 radical (unpaired) electrons. The predicted molar refractivity (Wildman–Crippen MR) is 152 cm³/mol. The summed E-state index contributed by atoms with van der Waals surface area (Å²) in [5, 5.41) is 19.7.